The van der Waals surface area contributed by atoms with Crippen LogP contribution in [0.15, 0.2) is 0 Å². The molecule has 0 N–H and O–H groups in total. The smallest absolute Gasteiger partial charge is 0.310 e. The fourth-order valence-electron chi connectivity index (χ4n) is 6.90. The molecule has 4 nitrogen and oxygen atoms in total. The van der Waals surface area contributed by atoms with Crippen LogP contribution < -0.4 is 0 Å². The molecule has 26 heavy (non-hydrogen) atoms. The molecular weight excluding hydrogens is 328 g/mol. The zero-order valence-corrected chi connectivity index (χ0v) is 17.6. The number of carbonyl (C=O) groups is 2. The van der Waals surface area contributed by atoms with Crippen molar-refractivity contribution in [2.24, 2.45) is 40.4 Å². The Labute approximate surface area is 158 Å². The highest BCUT2D eigenvalue weighted by atomic mass is 16.6. The molecular formula is C22H36O4. The van der Waals surface area contributed by atoms with Crippen LogP contribution in [-0.4, -0.2) is 24.6 Å². The normalized spacial score (nSPS) is 42.7. The minimum atomic E-state index is -0.488. The van der Waals surface area contributed by atoms with E-state index in [1.807, 2.05) is 0 Å². The SMILES string of the molecule is COC(=O)C(C)C(C)C(=O)OC1(C)CCC23CC1C(C)(C)C2CCC3C. The fraction of sp³-hybridized carbons (Fsp3) is 0.909. The zero-order chi connectivity index (χ0) is 19.5. The van der Waals surface area contributed by atoms with E-state index in [-0.39, 0.29) is 17.4 Å². The lowest BCUT2D eigenvalue weighted by molar-refractivity contribution is -0.182. The number of ether oxygens (including phenoxy) is 2. The second-order valence-corrected chi connectivity index (χ2v) is 10.2. The Morgan fingerprint density at radius 2 is 1.58 bits per heavy atom. The molecule has 148 valence electrons. The first-order valence-electron chi connectivity index (χ1n) is 10.3. The Balaban J connectivity index is 1.79. The maximum atomic E-state index is 12.8. The summed E-state index contributed by atoms with van der Waals surface area (Å²) in [6.45, 7) is 12.8. The van der Waals surface area contributed by atoms with Crippen molar-refractivity contribution in [3.05, 3.63) is 0 Å². The van der Waals surface area contributed by atoms with E-state index in [2.05, 4.69) is 27.7 Å². The molecule has 7 unspecified atom stereocenters. The Bertz CT molecular complexity index is 597. The molecule has 3 saturated carbocycles. The molecule has 3 rings (SSSR count). The van der Waals surface area contributed by atoms with Crippen molar-refractivity contribution < 1.29 is 19.1 Å². The Hall–Kier alpha value is -1.06. The van der Waals surface area contributed by atoms with Crippen LogP contribution in [-0.2, 0) is 19.1 Å². The van der Waals surface area contributed by atoms with Crippen molar-refractivity contribution in [3.8, 4) is 0 Å². The molecule has 0 saturated heterocycles. The van der Waals surface area contributed by atoms with Gasteiger partial charge in [-0.2, -0.15) is 0 Å². The van der Waals surface area contributed by atoms with Crippen molar-refractivity contribution in [2.45, 2.75) is 79.2 Å². The van der Waals surface area contributed by atoms with E-state index in [9.17, 15) is 9.59 Å². The molecule has 2 bridgehead atoms. The standard InChI is InChI=1S/C22H36O4/c1-13-8-9-16-20(4,5)17-12-22(13,16)11-10-21(17,6)26-19(24)15(3)14(2)18(23)25-7/h13-17H,8-12H2,1-7H3. The largest absolute Gasteiger partial charge is 0.469 e. The van der Waals surface area contributed by atoms with Crippen LogP contribution in [0, 0.1) is 40.4 Å². The molecule has 3 aliphatic rings. The van der Waals surface area contributed by atoms with Gasteiger partial charge in [0.05, 0.1) is 18.9 Å². The molecule has 3 aliphatic carbocycles. The Morgan fingerprint density at radius 1 is 0.962 bits per heavy atom. The van der Waals surface area contributed by atoms with Gasteiger partial charge >= 0.3 is 11.9 Å². The Kier molecular flexibility index (Phi) is 4.73. The van der Waals surface area contributed by atoms with E-state index in [1.165, 1.54) is 26.4 Å². The lowest BCUT2D eigenvalue weighted by Gasteiger charge is -2.47. The van der Waals surface area contributed by atoms with Gasteiger partial charge in [-0.25, -0.2) is 0 Å². The van der Waals surface area contributed by atoms with Crippen molar-refractivity contribution in [1.29, 1.82) is 0 Å². The molecule has 0 aromatic rings. The third kappa shape index (κ3) is 2.62. The van der Waals surface area contributed by atoms with Gasteiger partial charge in [-0.05, 0) is 61.7 Å². The average Bonchev–Trinajstić information content (AvgIpc) is 3.01. The third-order valence-corrected chi connectivity index (χ3v) is 8.80. The van der Waals surface area contributed by atoms with Gasteiger partial charge in [0.1, 0.15) is 5.60 Å². The van der Waals surface area contributed by atoms with Gasteiger partial charge in [0, 0.05) is 5.92 Å². The van der Waals surface area contributed by atoms with E-state index in [0.29, 0.717) is 11.3 Å². The van der Waals surface area contributed by atoms with Gasteiger partial charge in [0.2, 0.25) is 0 Å². The summed E-state index contributed by atoms with van der Waals surface area (Å²) >= 11 is 0. The van der Waals surface area contributed by atoms with E-state index < -0.39 is 17.4 Å². The number of rotatable bonds is 4. The fourth-order valence-corrected chi connectivity index (χ4v) is 6.90. The predicted octanol–water partition coefficient (Wildman–Crippen LogP) is 4.61. The van der Waals surface area contributed by atoms with E-state index in [4.69, 9.17) is 9.47 Å². The highest BCUT2D eigenvalue weighted by Gasteiger charge is 2.69. The lowest BCUT2D eigenvalue weighted by Crippen LogP contribution is -2.48. The van der Waals surface area contributed by atoms with Gasteiger partial charge in [0.25, 0.3) is 0 Å². The van der Waals surface area contributed by atoms with E-state index in [0.717, 1.165) is 24.7 Å². The number of fused-ring (bicyclic) bond motifs is 1. The monoisotopic (exact) mass is 364 g/mol. The predicted molar refractivity (Wildman–Crippen MR) is 100 cm³/mol. The first kappa shape index (κ1) is 19.7. The van der Waals surface area contributed by atoms with Gasteiger partial charge in [-0.15, -0.1) is 0 Å². The minimum absolute atomic E-state index is 0.188. The first-order chi connectivity index (χ1) is 12.0. The van der Waals surface area contributed by atoms with Crippen molar-refractivity contribution in [2.75, 3.05) is 7.11 Å². The minimum Gasteiger partial charge on any atom is -0.469 e. The number of hydrogen-bond donors (Lipinski definition) is 0. The van der Waals surface area contributed by atoms with E-state index in [1.54, 1.807) is 13.8 Å². The van der Waals surface area contributed by atoms with Crippen LogP contribution in [0.5, 0.6) is 0 Å². The van der Waals surface area contributed by atoms with Crippen molar-refractivity contribution in [3.63, 3.8) is 0 Å². The maximum absolute atomic E-state index is 12.8. The van der Waals surface area contributed by atoms with Gasteiger partial charge in [-0.3, -0.25) is 9.59 Å². The molecule has 0 radical (unpaired) electrons. The molecule has 0 aromatic carbocycles. The molecule has 0 heterocycles. The van der Waals surface area contributed by atoms with Crippen molar-refractivity contribution >= 4 is 11.9 Å². The van der Waals surface area contributed by atoms with Crippen LogP contribution >= 0.6 is 0 Å². The molecule has 0 amide bonds. The highest BCUT2D eigenvalue weighted by molar-refractivity contribution is 5.81. The first-order valence-corrected chi connectivity index (χ1v) is 10.3. The van der Waals surface area contributed by atoms with Gasteiger partial charge < -0.3 is 9.47 Å². The number of carbonyl (C=O) groups excluding carboxylic acids is 2. The molecule has 3 fully saturated rings. The van der Waals surface area contributed by atoms with Gasteiger partial charge in [0.15, 0.2) is 0 Å². The second-order valence-electron chi connectivity index (χ2n) is 10.2. The van der Waals surface area contributed by atoms with Gasteiger partial charge in [-0.1, -0.05) is 34.6 Å². The molecule has 7 atom stereocenters. The summed E-state index contributed by atoms with van der Waals surface area (Å²) in [5.74, 6) is 0.312. The van der Waals surface area contributed by atoms with Crippen molar-refractivity contribution in [1.82, 2.24) is 0 Å². The Morgan fingerprint density at radius 3 is 2.19 bits per heavy atom. The summed E-state index contributed by atoms with van der Waals surface area (Å²) in [7, 11) is 1.36. The summed E-state index contributed by atoms with van der Waals surface area (Å²) in [6, 6.07) is 0. The quantitative estimate of drug-likeness (QED) is 0.684. The lowest BCUT2D eigenvalue weighted by atomic mass is 9.64. The van der Waals surface area contributed by atoms with Crippen LogP contribution in [0.2, 0.25) is 0 Å². The molecule has 1 spiro atoms. The second kappa shape index (κ2) is 6.24. The summed E-state index contributed by atoms with van der Waals surface area (Å²) in [4.78, 5) is 24.6. The number of hydrogen-bond acceptors (Lipinski definition) is 4. The summed E-state index contributed by atoms with van der Waals surface area (Å²) in [5.41, 5.74) is 0.207. The zero-order valence-electron chi connectivity index (χ0n) is 17.6. The topological polar surface area (TPSA) is 52.6 Å². The average molecular weight is 365 g/mol. The number of esters is 2. The molecule has 4 heteroatoms. The van der Waals surface area contributed by atoms with E-state index >= 15 is 0 Å². The summed E-state index contributed by atoms with van der Waals surface area (Å²) in [6.07, 6.45) is 5.92. The third-order valence-electron chi connectivity index (χ3n) is 8.80. The number of methoxy groups -OCH3 is 1. The van der Waals surface area contributed by atoms with Crippen LogP contribution in [0.3, 0.4) is 0 Å². The maximum Gasteiger partial charge on any atom is 0.310 e. The highest BCUT2D eigenvalue weighted by Crippen LogP contribution is 2.73. The van der Waals surface area contributed by atoms with Crippen LogP contribution in [0.1, 0.15) is 73.6 Å². The molecule has 0 aliphatic heterocycles. The summed E-state index contributed by atoms with van der Waals surface area (Å²) in [5, 5.41) is 0. The van der Waals surface area contributed by atoms with Crippen LogP contribution in [0.25, 0.3) is 0 Å². The van der Waals surface area contributed by atoms with Crippen LogP contribution in [0.4, 0.5) is 0 Å². The summed E-state index contributed by atoms with van der Waals surface area (Å²) < 4.78 is 11.0. The molecule has 0 aromatic heterocycles.